The summed E-state index contributed by atoms with van der Waals surface area (Å²) in [6, 6.07) is 0.0823. The Morgan fingerprint density at radius 1 is 1.18 bits per heavy atom. The third-order valence-corrected chi connectivity index (χ3v) is 5.81. The van der Waals surface area contributed by atoms with Gasteiger partial charge < -0.3 is 4.74 Å². The minimum absolute atomic E-state index is 0.0823. The van der Waals surface area contributed by atoms with E-state index in [9.17, 15) is 13.2 Å². The van der Waals surface area contributed by atoms with Gasteiger partial charge in [0.2, 0.25) is 10.0 Å². The topological polar surface area (TPSA) is 72.5 Å². The fourth-order valence-electron chi connectivity index (χ4n) is 2.56. The van der Waals surface area contributed by atoms with Crippen molar-refractivity contribution in [2.24, 2.45) is 5.92 Å². The number of carbonyl (C=O) groups excluding carboxylic acids is 1. The lowest BCUT2D eigenvalue weighted by atomic mass is 9.94. The van der Waals surface area contributed by atoms with E-state index in [1.807, 2.05) is 0 Å². The number of ether oxygens (including phenoxy) is 1. The first kappa shape index (κ1) is 12.8. The van der Waals surface area contributed by atoms with Crippen molar-refractivity contribution in [2.75, 3.05) is 7.11 Å². The average molecular weight is 261 g/mol. The van der Waals surface area contributed by atoms with Crippen molar-refractivity contribution in [3.8, 4) is 0 Å². The number of esters is 1. The predicted octanol–water partition coefficient (Wildman–Crippen LogP) is 0.800. The first-order valence-electron chi connectivity index (χ1n) is 6.13. The Balaban J connectivity index is 2.05. The zero-order valence-electron chi connectivity index (χ0n) is 10.0. The van der Waals surface area contributed by atoms with E-state index in [2.05, 4.69) is 9.46 Å². The maximum atomic E-state index is 12.1. The molecule has 2 aliphatic rings. The van der Waals surface area contributed by atoms with Gasteiger partial charge in [0.1, 0.15) is 0 Å². The molecule has 0 aromatic heterocycles. The maximum Gasteiger partial charge on any atom is 0.310 e. The molecular formula is C11H19NO4S. The fourth-order valence-corrected chi connectivity index (χ4v) is 4.60. The summed E-state index contributed by atoms with van der Waals surface area (Å²) >= 11 is 0. The summed E-state index contributed by atoms with van der Waals surface area (Å²) < 4.78 is 31.7. The van der Waals surface area contributed by atoms with E-state index in [0.29, 0.717) is 12.8 Å². The van der Waals surface area contributed by atoms with Gasteiger partial charge in [-0.15, -0.1) is 0 Å². The number of sulfonamides is 1. The SMILES string of the molecule is COC(=O)C1CCCC1S(=O)(=O)NC1CCC1. The van der Waals surface area contributed by atoms with Crippen molar-refractivity contribution in [3.05, 3.63) is 0 Å². The van der Waals surface area contributed by atoms with Gasteiger partial charge in [0, 0.05) is 6.04 Å². The maximum absolute atomic E-state index is 12.1. The van der Waals surface area contributed by atoms with Crippen molar-refractivity contribution in [3.63, 3.8) is 0 Å². The molecule has 2 aliphatic carbocycles. The Kier molecular flexibility index (Phi) is 3.73. The Morgan fingerprint density at radius 2 is 1.82 bits per heavy atom. The van der Waals surface area contributed by atoms with Gasteiger partial charge in [0.25, 0.3) is 0 Å². The van der Waals surface area contributed by atoms with Crippen LogP contribution in [0.25, 0.3) is 0 Å². The van der Waals surface area contributed by atoms with Gasteiger partial charge in [-0.2, -0.15) is 0 Å². The molecule has 2 saturated carbocycles. The Hall–Kier alpha value is -0.620. The first-order valence-corrected chi connectivity index (χ1v) is 7.68. The third-order valence-electron chi connectivity index (χ3n) is 3.79. The van der Waals surface area contributed by atoms with Gasteiger partial charge in [0.15, 0.2) is 0 Å². The van der Waals surface area contributed by atoms with Crippen molar-refractivity contribution in [2.45, 2.75) is 49.8 Å². The van der Waals surface area contributed by atoms with Gasteiger partial charge in [-0.3, -0.25) is 4.79 Å². The normalized spacial score (nSPS) is 29.9. The largest absolute Gasteiger partial charge is 0.469 e. The molecule has 98 valence electrons. The quantitative estimate of drug-likeness (QED) is 0.760. The predicted molar refractivity (Wildman–Crippen MR) is 62.8 cm³/mol. The van der Waals surface area contributed by atoms with Crippen molar-refractivity contribution in [1.29, 1.82) is 0 Å². The molecule has 17 heavy (non-hydrogen) atoms. The van der Waals surface area contributed by atoms with E-state index in [1.54, 1.807) is 0 Å². The molecule has 0 radical (unpaired) electrons. The molecule has 0 aliphatic heterocycles. The lowest BCUT2D eigenvalue weighted by molar-refractivity contribution is -0.145. The molecule has 5 nitrogen and oxygen atoms in total. The van der Waals surface area contributed by atoms with E-state index in [4.69, 9.17) is 0 Å². The van der Waals surface area contributed by atoms with Gasteiger partial charge in [0.05, 0.1) is 18.3 Å². The van der Waals surface area contributed by atoms with E-state index in [0.717, 1.165) is 25.7 Å². The number of hydrogen-bond acceptors (Lipinski definition) is 4. The minimum atomic E-state index is -3.38. The summed E-state index contributed by atoms with van der Waals surface area (Å²) in [4.78, 5) is 11.5. The summed E-state index contributed by atoms with van der Waals surface area (Å²) in [5, 5.41) is -0.601. The Bertz CT molecular complexity index is 388. The van der Waals surface area contributed by atoms with Gasteiger partial charge >= 0.3 is 5.97 Å². The number of rotatable bonds is 4. The highest BCUT2D eigenvalue weighted by Gasteiger charge is 2.43. The van der Waals surface area contributed by atoms with E-state index < -0.39 is 27.2 Å². The second kappa shape index (κ2) is 4.94. The van der Waals surface area contributed by atoms with Crippen molar-refractivity contribution >= 4 is 16.0 Å². The standard InChI is InChI=1S/C11H19NO4S/c1-16-11(13)9-6-3-7-10(9)17(14,15)12-8-4-2-5-8/h8-10,12H,2-7H2,1H3. The van der Waals surface area contributed by atoms with Crippen LogP contribution in [0.5, 0.6) is 0 Å². The number of hydrogen-bond donors (Lipinski definition) is 1. The van der Waals surface area contributed by atoms with Crippen LogP contribution in [0.1, 0.15) is 38.5 Å². The Labute approximate surface area is 102 Å². The van der Waals surface area contributed by atoms with Crippen LogP contribution in [0.4, 0.5) is 0 Å². The van der Waals surface area contributed by atoms with Crippen LogP contribution in [0, 0.1) is 5.92 Å². The zero-order chi connectivity index (χ0) is 12.5. The van der Waals surface area contributed by atoms with Crippen molar-refractivity contribution in [1.82, 2.24) is 4.72 Å². The molecule has 2 unspecified atom stereocenters. The zero-order valence-corrected chi connectivity index (χ0v) is 10.8. The minimum Gasteiger partial charge on any atom is -0.469 e. The van der Waals surface area contributed by atoms with Crippen LogP contribution < -0.4 is 4.72 Å². The monoisotopic (exact) mass is 261 g/mol. The second-order valence-electron chi connectivity index (χ2n) is 4.89. The van der Waals surface area contributed by atoms with Crippen LogP contribution in [-0.4, -0.2) is 32.8 Å². The Morgan fingerprint density at radius 3 is 2.35 bits per heavy atom. The van der Waals surface area contributed by atoms with Crippen LogP contribution in [0.2, 0.25) is 0 Å². The molecule has 2 atom stereocenters. The highest BCUT2D eigenvalue weighted by Crippen LogP contribution is 2.32. The lowest BCUT2D eigenvalue weighted by Crippen LogP contribution is -2.46. The number of carbonyl (C=O) groups is 1. The van der Waals surface area contributed by atoms with Gasteiger partial charge in [-0.25, -0.2) is 13.1 Å². The molecule has 2 rings (SSSR count). The highest BCUT2D eigenvalue weighted by molar-refractivity contribution is 7.90. The number of nitrogens with one attached hydrogen (secondary N) is 1. The summed E-state index contributed by atoms with van der Waals surface area (Å²) in [6.45, 7) is 0. The van der Waals surface area contributed by atoms with Crippen molar-refractivity contribution < 1.29 is 17.9 Å². The van der Waals surface area contributed by atoms with E-state index >= 15 is 0 Å². The molecule has 0 aromatic rings. The summed E-state index contributed by atoms with van der Waals surface area (Å²) in [5.41, 5.74) is 0. The van der Waals surface area contributed by atoms with Crippen LogP contribution in [-0.2, 0) is 19.6 Å². The molecule has 0 heterocycles. The van der Waals surface area contributed by atoms with E-state index in [1.165, 1.54) is 7.11 Å². The molecule has 2 fully saturated rings. The van der Waals surface area contributed by atoms with Crippen LogP contribution in [0.3, 0.4) is 0 Å². The summed E-state index contributed by atoms with van der Waals surface area (Å²) in [6.07, 6.45) is 4.85. The average Bonchev–Trinajstić information content (AvgIpc) is 2.72. The second-order valence-corrected chi connectivity index (χ2v) is 6.82. The number of methoxy groups -OCH3 is 1. The fraction of sp³-hybridized carbons (Fsp3) is 0.909. The summed E-state index contributed by atoms with van der Waals surface area (Å²) in [5.74, 6) is -0.885. The molecular weight excluding hydrogens is 242 g/mol. The molecule has 0 bridgehead atoms. The van der Waals surface area contributed by atoms with Gasteiger partial charge in [-0.1, -0.05) is 12.8 Å². The molecule has 1 N–H and O–H groups in total. The highest BCUT2D eigenvalue weighted by atomic mass is 32.2. The van der Waals surface area contributed by atoms with E-state index in [-0.39, 0.29) is 6.04 Å². The lowest BCUT2D eigenvalue weighted by Gasteiger charge is -2.28. The third kappa shape index (κ3) is 2.63. The van der Waals surface area contributed by atoms with Gasteiger partial charge in [-0.05, 0) is 25.7 Å². The first-order chi connectivity index (χ1) is 8.04. The molecule has 0 aromatic carbocycles. The molecule has 6 heteroatoms. The molecule has 0 amide bonds. The summed E-state index contributed by atoms with van der Waals surface area (Å²) in [7, 11) is -2.07. The molecule has 0 spiro atoms. The van der Waals surface area contributed by atoms with Crippen LogP contribution in [0.15, 0.2) is 0 Å². The smallest absolute Gasteiger partial charge is 0.310 e. The van der Waals surface area contributed by atoms with Crippen LogP contribution >= 0.6 is 0 Å². The molecule has 0 saturated heterocycles.